The van der Waals surface area contributed by atoms with E-state index in [9.17, 15) is 0 Å². The molecule has 2 aromatic rings. The summed E-state index contributed by atoms with van der Waals surface area (Å²) >= 11 is 0. The van der Waals surface area contributed by atoms with E-state index in [1.165, 1.54) is 0 Å². The van der Waals surface area contributed by atoms with Crippen LogP contribution in [0.5, 0.6) is 0 Å². The second-order valence-electron chi connectivity index (χ2n) is 6.44. The molecule has 0 saturated carbocycles. The Balaban J connectivity index is 1.83. The Kier molecular flexibility index (Phi) is 9.44. The van der Waals surface area contributed by atoms with Crippen molar-refractivity contribution >= 4 is 5.96 Å². The first-order valence-corrected chi connectivity index (χ1v) is 9.71. The van der Waals surface area contributed by atoms with Crippen LogP contribution in [0.25, 0.3) is 5.82 Å². The maximum atomic E-state index is 5.46. The molecule has 0 atom stereocenters. The summed E-state index contributed by atoms with van der Waals surface area (Å²) in [5, 5.41) is 11.0. The molecule has 0 aliphatic carbocycles. The highest BCUT2D eigenvalue weighted by Gasteiger charge is 2.05. The maximum absolute atomic E-state index is 5.46. The van der Waals surface area contributed by atoms with Gasteiger partial charge in [-0.25, -0.2) is 14.7 Å². The number of aromatic nitrogens is 3. The number of guanidine groups is 1. The van der Waals surface area contributed by atoms with E-state index in [1.54, 1.807) is 7.11 Å². The fraction of sp³-hybridized carbons (Fsp3) is 0.550. The van der Waals surface area contributed by atoms with Crippen molar-refractivity contribution in [3.8, 4) is 5.82 Å². The van der Waals surface area contributed by atoms with Crippen LogP contribution in [0, 0.1) is 13.8 Å². The third-order valence-electron chi connectivity index (χ3n) is 3.99. The summed E-state index contributed by atoms with van der Waals surface area (Å²) in [5.41, 5.74) is 3.10. The normalized spacial score (nSPS) is 11.6. The van der Waals surface area contributed by atoms with Crippen LogP contribution in [0.15, 0.2) is 29.4 Å². The molecule has 0 aromatic carbocycles. The zero-order valence-corrected chi connectivity index (χ0v) is 17.4. The number of nitrogens with zero attached hydrogens (tertiary/aromatic N) is 4. The Morgan fingerprint density at radius 1 is 1.18 bits per heavy atom. The van der Waals surface area contributed by atoms with Gasteiger partial charge in [-0.3, -0.25) is 0 Å². The Morgan fingerprint density at radius 3 is 2.68 bits per heavy atom. The molecule has 0 aliphatic heterocycles. The van der Waals surface area contributed by atoms with Crippen LogP contribution in [0.3, 0.4) is 0 Å². The Hall–Kier alpha value is -2.45. The molecule has 0 unspecified atom stereocenters. The molecule has 0 fully saturated rings. The van der Waals surface area contributed by atoms with E-state index in [4.69, 9.17) is 9.47 Å². The van der Waals surface area contributed by atoms with E-state index in [1.807, 2.05) is 42.9 Å². The molecule has 2 rings (SSSR count). The minimum Gasteiger partial charge on any atom is -0.382 e. The van der Waals surface area contributed by atoms with E-state index in [0.717, 1.165) is 48.2 Å². The first-order chi connectivity index (χ1) is 13.6. The van der Waals surface area contributed by atoms with Crippen molar-refractivity contribution in [3.63, 3.8) is 0 Å². The van der Waals surface area contributed by atoms with Crippen molar-refractivity contribution in [1.29, 1.82) is 0 Å². The van der Waals surface area contributed by atoms with Gasteiger partial charge in [0.1, 0.15) is 0 Å². The Labute approximate surface area is 167 Å². The Bertz CT molecular complexity index is 727. The first-order valence-electron chi connectivity index (χ1n) is 9.71. The number of pyridine rings is 1. The second kappa shape index (κ2) is 12.1. The lowest BCUT2D eigenvalue weighted by Crippen LogP contribution is -2.38. The minimum absolute atomic E-state index is 0.560. The lowest BCUT2D eigenvalue weighted by molar-refractivity contribution is 0.0698. The highest BCUT2D eigenvalue weighted by molar-refractivity contribution is 5.79. The average Bonchev–Trinajstić information content (AvgIpc) is 3.03. The number of methoxy groups -OCH3 is 1. The van der Waals surface area contributed by atoms with Crippen molar-refractivity contribution in [3.05, 3.63) is 41.3 Å². The quantitative estimate of drug-likeness (QED) is 0.348. The van der Waals surface area contributed by atoms with Gasteiger partial charge in [0.25, 0.3) is 0 Å². The molecule has 28 heavy (non-hydrogen) atoms. The zero-order valence-electron chi connectivity index (χ0n) is 17.4. The lowest BCUT2D eigenvalue weighted by atomic mass is 10.3. The fourth-order valence-electron chi connectivity index (χ4n) is 2.63. The van der Waals surface area contributed by atoms with Crippen LogP contribution in [0.2, 0.25) is 0 Å². The third-order valence-corrected chi connectivity index (χ3v) is 3.99. The Morgan fingerprint density at radius 2 is 2.04 bits per heavy atom. The summed E-state index contributed by atoms with van der Waals surface area (Å²) < 4.78 is 12.3. The maximum Gasteiger partial charge on any atom is 0.191 e. The van der Waals surface area contributed by atoms with Gasteiger partial charge in [-0.1, -0.05) is 6.07 Å². The first kappa shape index (κ1) is 21.8. The summed E-state index contributed by atoms with van der Waals surface area (Å²) in [4.78, 5) is 9.15. The SMILES string of the molecule is CCNC(=NCc1ccc(-n2nc(C)cc2C)nc1)NCCCOCCOC. The van der Waals surface area contributed by atoms with Gasteiger partial charge in [0, 0.05) is 38.7 Å². The van der Waals surface area contributed by atoms with Gasteiger partial charge in [0.15, 0.2) is 11.8 Å². The van der Waals surface area contributed by atoms with Gasteiger partial charge in [-0.15, -0.1) is 0 Å². The highest BCUT2D eigenvalue weighted by atomic mass is 16.5. The molecule has 0 radical (unpaired) electrons. The summed E-state index contributed by atoms with van der Waals surface area (Å²) in [5.74, 6) is 1.61. The van der Waals surface area contributed by atoms with E-state index in [2.05, 4.69) is 32.6 Å². The van der Waals surface area contributed by atoms with Crippen LogP contribution in [0.4, 0.5) is 0 Å². The average molecular weight is 389 g/mol. The van der Waals surface area contributed by atoms with Crippen LogP contribution < -0.4 is 10.6 Å². The van der Waals surface area contributed by atoms with Gasteiger partial charge >= 0.3 is 0 Å². The smallest absolute Gasteiger partial charge is 0.191 e. The van der Waals surface area contributed by atoms with Gasteiger partial charge in [-0.05, 0) is 44.9 Å². The minimum atomic E-state index is 0.560. The predicted molar refractivity (Wildman–Crippen MR) is 111 cm³/mol. The van der Waals surface area contributed by atoms with E-state index in [0.29, 0.717) is 26.4 Å². The van der Waals surface area contributed by atoms with Gasteiger partial charge in [-0.2, -0.15) is 5.10 Å². The van der Waals surface area contributed by atoms with Crippen LogP contribution in [-0.4, -0.2) is 60.7 Å². The standard InChI is InChI=1S/C20H32N6O2/c1-5-21-20(22-9-6-10-28-12-11-27-4)24-15-18-7-8-19(23-14-18)26-17(3)13-16(2)25-26/h7-8,13-14H,5-6,9-12,15H2,1-4H3,(H2,21,22,24). The van der Waals surface area contributed by atoms with E-state index in [-0.39, 0.29) is 0 Å². The number of aliphatic imine (C=N–C) groups is 1. The molecule has 8 nitrogen and oxygen atoms in total. The summed E-state index contributed by atoms with van der Waals surface area (Å²) in [7, 11) is 1.67. The van der Waals surface area contributed by atoms with Crippen molar-refractivity contribution in [2.45, 2.75) is 33.7 Å². The largest absolute Gasteiger partial charge is 0.382 e. The molecule has 0 spiro atoms. The molecule has 0 saturated heterocycles. The molecule has 2 aromatic heterocycles. The molecule has 0 amide bonds. The number of hydrogen-bond donors (Lipinski definition) is 2. The molecule has 2 heterocycles. The molecule has 2 N–H and O–H groups in total. The molecule has 8 heteroatoms. The molecule has 154 valence electrons. The number of rotatable bonds is 11. The highest BCUT2D eigenvalue weighted by Crippen LogP contribution is 2.10. The number of nitrogens with one attached hydrogen (secondary N) is 2. The summed E-state index contributed by atoms with van der Waals surface area (Å²) in [6.45, 7) is 10.2. The predicted octanol–water partition coefficient (Wildman–Crippen LogP) is 1.99. The monoisotopic (exact) mass is 388 g/mol. The number of hydrogen-bond acceptors (Lipinski definition) is 5. The second-order valence-corrected chi connectivity index (χ2v) is 6.44. The number of ether oxygens (including phenoxy) is 2. The summed E-state index contributed by atoms with van der Waals surface area (Å²) in [6.07, 6.45) is 2.76. The van der Waals surface area contributed by atoms with Crippen LogP contribution in [-0.2, 0) is 16.0 Å². The van der Waals surface area contributed by atoms with E-state index < -0.39 is 0 Å². The van der Waals surface area contributed by atoms with Gasteiger partial charge in [0.05, 0.1) is 25.5 Å². The molecular formula is C20H32N6O2. The van der Waals surface area contributed by atoms with Gasteiger partial charge in [0.2, 0.25) is 0 Å². The molecule has 0 bridgehead atoms. The summed E-state index contributed by atoms with van der Waals surface area (Å²) in [6, 6.07) is 6.05. The van der Waals surface area contributed by atoms with Crippen molar-refractivity contribution in [1.82, 2.24) is 25.4 Å². The van der Waals surface area contributed by atoms with Crippen molar-refractivity contribution in [2.75, 3.05) is 40.0 Å². The van der Waals surface area contributed by atoms with E-state index >= 15 is 0 Å². The van der Waals surface area contributed by atoms with Crippen molar-refractivity contribution in [2.24, 2.45) is 4.99 Å². The topological polar surface area (TPSA) is 85.6 Å². The zero-order chi connectivity index (χ0) is 20.2. The molecular weight excluding hydrogens is 356 g/mol. The van der Waals surface area contributed by atoms with Gasteiger partial charge < -0.3 is 20.1 Å². The van der Waals surface area contributed by atoms with Crippen molar-refractivity contribution < 1.29 is 9.47 Å². The molecule has 0 aliphatic rings. The van der Waals surface area contributed by atoms with Crippen LogP contribution >= 0.6 is 0 Å². The number of aryl methyl sites for hydroxylation is 2. The third kappa shape index (κ3) is 7.28. The fourth-order valence-corrected chi connectivity index (χ4v) is 2.63. The lowest BCUT2D eigenvalue weighted by Gasteiger charge is -2.11. The van der Waals surface area contributed by atoms with Crippen LogP contribution in [0.1, 0.15) is 30.3 Å².